The molecular formula is C10H18O6. The fraction of sp³-hybridized carbons (Fsp3) is 0.800. The molecule has 0 aromatic rings. The molecule has 0 saturated carbocycles. The van der Waals surface area contributed by atoms with Crippen LogP contribution in [0.4, 0.5) is 0 Å². The third-order valence-electron chi connectivity index (χ3n) is 2.43. The summed E-state index contributed by atoms with van der Waals surface area (Å²) in [4.78, 5) is 0. The van der Waals surface area contributed by atoms with E-state index in [1.165, 1.54) is 20.1 Å². The number of hydrogen-bond donors (Lipinski definition) is 4. The molecule has 1 fully saturated rings. The van der Waals surface area contributed by atoms with Crippen LogP contribution in [0, 0.1) is 0 Å². The van der Waals surface area contributed by atoms with E-state index in [0.29, 0.717) is 0 Å². The van der Waals surface area contributed by atoms with Crippen molar-refractivity contribution in [1.82, 2.24) is 0 Å². The Morgan fingerprint density at radius 1 is 1.38 bits per heavy atom. The van der Waals surface area contributed by atoms with E-state index in [1.54, 1.807) is 0 Å². The van der Waals surface area contributed by atoms with Crippen LogP contribution in [0.3, 0.4) is 0 Å². The minimum Gasteiger partial charge on any atom is -0.510 e. The molecule has 94 valence electrons. The Balaban J connectivity index is 2.85. The SMILES string of the molecule is [2H]C(C)C=C(O)[C@H]1OC(OC)[C@H](O)[C@@H](O)[C@H]1O. The van der Waals surface area contributed by atoms with Crippen LogP contribution in [-0.2, 0) is 9.47 Å². The van der Waals surface area contributed by atoms with Crippen LogP contribution in [-0.4, -0.2) is 58.2 Å². The van der Waals surface area contributed by atoms with Gasteiger partial charge in [-0.25, -0.2) is 0 Å². The monoisotopic (exact) mass is 235 g/mol. The van der Waals surface area contributed by atoms with E-state index in [2.05, 4.69) is 0 Å². The summed E-state index contributed by atoms with van der Waals surface area (Å²) in [6.45, 7) is 1.52. The molecule has 1 aliphatic rings. The highest BCUT2D eigenvalue weighted by molar-refractivity contribution is 5.06. The predicted molar refractivity (Wildman–Crippen MR) is 54.7 cm³/mol. The Morgan fingerprint density at radius 3 is 2.50 bits per heavy atom. The van der Waals surface area contributed by atoms with E-state index in [0.717, 1.165) is 0 Å². The van der Waals surface area contributed by atoms with Gasteiger partial charge in [-0.3, -0.25) is 0 Å². The van der Waals surface area contributed by atoms with Crippen molar-refractivity contribution in [2.45, 2.75) is 44.0 Å². The number of hydrogen-bond acceptors (Lipinski definition) is 6. The van der Waals surface area contributed by atoms with E-state index in [4.69, 9.17) is 10.8 Å². The second kappa shape index (κ2) is 5.60. The topological polar surface area (TPSA) is 99.4 Å². The Hall–Kier alpha value is -0.660. The van der Waals surface area contributed by atoms with Crippen LogP contribution < -0.4 is 0 Å². The number of rotatable bonds is 3. The first-order valence-electron chi connectivity index (χ1n) is 5.51. The van der Waals surface area contributed by atoms with Crippen molar-refractivity contribution >= 4 is 0 Å². The standard InChI is InChI=1S/C10H18O6/c1-3-4-5(11)9-7(13)6(12)8(14)10(15-2)16-9/h4,6-14H,3H2,1-2H3/t6-,7+,8+,9+,10?/m0/s1/i3D/t3?,6-,7+,8+,9+,10?. The van der Waals surface area contributed by atoms with Crippen LogP contribution in [0.25, 0.3) is 0 Å². The maximum atomic E-state index is 9.65. The molecule has 6 heteroatoms. The first-order chi connectivity index (χ1) is 7.88. The summed E-state index contributed by atoms with van der Waals surface area (Å²) in [7, 11) is 1.27. The molecule has 0 aliphatic carbocycles. The summed E-state index contributed by atoms with van der Waals surface area (Å²) in [6, 6.07) is 0. The van der Waals surface area contributed by atoms with E-state index in [1.807, 2.05) is 0 Å². The van der Waals surface area contributed by atoms with Crippen molar-refractivity contribution in [2.75, 3.05) is 7.11 Å². The average molecular weight is 235 g/mol. The van der Waals surface area contributed by atoms with Gasteiger partial charge >= 0.3 is 0 Å². The molecule has 1 heterocycles. The molecule has 1 rings (SSSR count). The van der Waals surface area contributed by atoms with Crippen LogP contribution in [0.15, 0.2) is 11.8 Å². The second-order valence-corrected chi connectivity index (χ2v) is 3.56. The molecule has 1 saturated heterocycles. The lowest BCUT2D eigenvalue weighted by molar-refractivity contribution is -0.286. The molecule has 4 N–H and O–H groups in total. The van der Waals surface area contributed by atoms with Crippen molar-refractivity contribution in [3.8, 4) is 0 Å². The minimum absolute atomic E-state index is 0.368. The van der Waals surface area contributed by atoms with Gasteiger partial charge in [0, 0.05) is 8.48 Å². The van der Waals surface area contributed by atoms with Gasteiger partial charge in [-0.15, -0.1) is 0 Å². The largest absolute Gasteiger partial charge is 0.510 e. The van der Waals surface area contributed by atoms with Gasteiger partial charge in [0.2, 0.25) is 0 Å². The van der Waals surface area contributed by atoms with Gasteiger partial charge in [-0.2, -0.15) is 0 Å². The molecule has 0 aromatic carbocycles. The molecular weight excluding hydrogens is 216 g/mol. The van der Waals surface area contributed by atoms with Crippen LogP contribution >= 0.6 is 0 Å². The Labute approximate surface area is 95.1 Å². The summed E-state index contributed by atoms with van der Waals surface area (Å²) in [6.07, 6.45) is -6.24. The lowest BCUT2D eigenvalue weighted by Gasteiger charge is -2.39. The molecule has 6 atom stereocenters. The van der Waals surface area contributed by atoms with E-state index in [9.17, 15) is 20.4 Å². The highest BCUT2D eigenvalue weighted by Gasteiger charge is 2.45. The van der Waals surface area contributed by atoms with Crippen molar-refractivity contribution in [3.63, 3.8) is 0 Å². The first-order valence-corrected chi connectivity index (χ1v) is 4.93. The molecule has 0 aromatic heterocycles. The molecule has 16 heavy (non-hydrogen) atoms. The molecule has 6 nitrogen and oxygen atoms in total. The van der Waals surface area contributed by atoms with Crippen molar-refractivity contribution < 1.29 is 31.3 Å². The zero-order valence-electron chi connectivity index (χ0n) is 10.1. The van der Waals surface area contributed by atoms with Gasteiger partial charge in [0.25, 0.3) is 0 Å². The number of ether oxygens (including phenoxy) is 2. The van der Waals surface area contributed by atoms with Crippen LogP contribution in [0.5, 0.6) is 0 Å². The fourth-order valence-corrected chi connectivity index (χ4v) is 1.55. The summed E-state index contributed by atoms with van der Waals surface area (Å²) in [5.41, 5.74) is 0. The third kappa shape index (κ3) is 2.53. The van der Waals surface area contributed by atoms with Gasteiger partial charge in [0.15, 0.2) is 6.29 Å². The van der Waals surface area contributed by atoms with Crippen LogP contribution in [0.2, 0.25) is 0 Å². The number of aliphatic hydroxyl groups is 4. The van der Waals surface area contributed by atoms with E-state index in [-0.39, 0.29) is 5.76 Å². The lowest BCUT2D eigenvalue weighted by Crippen LogP contribution is -2.58. The van der Waals surface area contributed by atoms with Gasteiger partial charge < -0.3 is 29.9 Å². The molecule has 0 spiro atoms. The molecule has 0 radical (unpaired) electrons. The fourth-order valence-electron chi connectivity index (χ4n) is 1.55. The van der Waals surface area contributed by atoms with Crippen molar-refractivity contribution in [1.29, 1.82) is 0 Å². The normalized spacial score (nSPS) is 43.9. The molecule has 1 aliphatic heterocycles. The zero-order valence-corrected chi connectivity index (χ0v) is 9.15. The van der Waals surface area contributed by atoms with Gasteiger partial charge in [-0.05, 0) is 12.5 Å². The van der Waals surface area contributed by atoms with Gasteiger partial charge in [0.05, 0.1) is 0 Å². The molecule has 0 bridgehead atoms. The van der Waals surface area contributed by atoms with Crippen LogP contribution in [0.1, 0.15) is 14.7 Å². The van der Waals surface area contributed by atoms with Crippen molar-refractivity contribution in [3.05, 3.63) is 11.8 Å². The summed E-state index contributed by atoms with van der Waals surface area (Å²) in [5.74, 6) is -0.368. The smallest absolute Gasteiger partial charge is 0.186 e. The third-order valence-corrected chi connectivity index (χ3v) is 2.43. The predicted octanol–water partition coefficient (Wildman–Crippen LogP) is -0.708. The number of methoxy groups -OCH3 is 1. The quantitative estimate of drug-likeness (QED) is 0.482. The molecule has 0 amide bonds. The summed E-state index contributed by atoms with van der Waals surface area (Å²) < 4.78 is 17.1. The highest BCUT2D eigenvalue weighted by atomic mass is 16.7. The van der Waals surface area contributed by atoms with E-state index < -0.39 is 37.1 Å². The van der Waals surface area contributed by atoms with Crippen molar-refractivity contribution in [2.24, 2.45) is 0 Å². The second-order valence-electron chi connectivity index (χ2n) is 3.56. The maximum absolute atomic E-state index is 9.65. The Kier molecular flexibility index (Phi) is 4.14. The summed E-state index contributed by atoms with van der Waals surface area (Å²) >= 11 is 0. The first kappa shape index (κ1) is 11.8. The Morgan fingerprint density at radius 2 is 2.00 bits per heavy atom. The number of allylic oxidation sites excluding steroid dienone is 1. The molecule has 2 unspecified atom stereocenters. The van der Waals surface area contributed by atoms with Gasteiger partial charge in [-0.1, -0.05) is 6.92 Å². The number of aliphatic hydroxyl groups excluding tert-OH is 4. The van der Waals surface area contributed by atoms with Gasteiger partial charge in [0.1, 0.15) is 30.2 Å². The average Bonchev–Trinajstić information content (AvgIpc) is 2.25. The minimum atomic E-state index is -1.49. The zero-order chi connectivity index (χ0) is 13.2. The Bertz CT molecular complexity index is 280. The highest BCUT2D eigenvalue weighted by Crippen LogP contribution is 2.25. The summed E-state index contributed by atoms with van der Waals surface area (Å²) in [5, 5.41) is 38.3. The maximum Gasteiger partial charge on any atom is 0.186 e. The lowest BCUT2D eigenvalue weighted by atomic mass is 9.97. The van der Waals surface area contributed by atoms with E-state index >= 15 is 0 Å².